The number of aromatic nitrogens is 1. The number of hydrogen-bond acceptors (Lipinski definition) is 4. The number of carbonyl (C=O) groups excluding carboxylic acids is 2. The number of rotatable bonds is 7. The number of pyridine rings is 1. The number of H-pyrrole nitrogens is 1. The van der Waals surface area contributed by atoms with Gasteiger partial charge in [0.05, 0.1) is 0 Å². The van der Waals surface area contributed by atoms with E-state index in [0.717, 1.165) is 25.2 Å². The summed E-state index contributed by atoms with van der Waals surface area (Å²) in [7, 11) is 0. The smallest absolute Gasteiger partial charge is 0.268 e. The number of nitrogens with one attached hydrogen (secondary N) is 3. The van der Waals surface area contributed by atoms with Gasteiger partial charge in [-0.1, -0.05) is 37.6 Å². The molecule has 4 rings (SSSR count). The molecule has 1 unspecified atom stereocenters. The minimum absolute atomic E-state index is 0.138. The summed E-state index contributed by atoms with van der Waals surface area (Å²) in [6, 6.07) is 15.8. The van der Waals surface area contributed by atoms with Crippen molar-refractivity contribution in [2.75, 3.05) is 23.3 Å². The van der Waals surface area contributed by atoms with Crippen LogP contribution in [0.3, 0.4) is 0 Å². The summed E-state index contributed by atoms with van der Waals surface area (Å²) in [4.78, 5) is 43.0. The van der Waals surface area contributed by atoms with Crippen molar-refractivity contribution < 1.29 is 9.59 Å². The van der Waals surface area contributed by atoms with Crippen molar-refractivity contribution in [3.8, 4) is 0 Å². The molecule has 2 amide bonds. The highest BCUT2D eigenvalue weighted by molar-refractivity contribution is 6.01. The van der Waals surface area contributed by atoms with E-state index in [1.54, 1.807) is 24.3 Å². The zero-order valence-corrected chi connectivity index (χ0v) is 18.2. The molecule has 0 saturated carbocycles. The van der Waals surface area contributed by atoms with E-state index in [4.69, 9.17) is 0 Å². The predicted octanol–water partition coefficient (Wildman–Crippen LogP) is 3.67. The number of benzene rings is 2. The highest BCUT2D eigenvalue weighted by Crippen LogP contribution is 2.23. The predicted molar refractivity (Wildman–Crippen MR) is 127 cm³/mol. The Morgan fingerprint density at radius 3 is 2.62 bits per heavy atom. The van der Waals surface area contributed by atoms with E-state index in [1.165, 1.54) is 12.8 Å². The topological polar surface area (TPSA) is 94.3 Å². The maximum Gasteiger partial charge on any atom is 0.268 e. The zero-order valence-electron chi connectivity index (χ0n) is 18.2. The van der Waals surface area contributed by atoms with E-state index < -0.39 is 11.9 Å². The van der Waals surface area contributed by atoms with Gasteiger partial charge < -0.3 is 20.5 Å². The van der Waals surface area contributed by atoms with Crippen LogP contribution in [0.5, 0.6) is 0 Å². The second-order valence-electron chi connectivity index (χ2n) is 8.15. The Balaban J connectivity index is 1.48. The number of hydrogen-bond donors (Lipinski definition) is 3. The molecular weight excluding hydrogens is 404 g/mol. The van der Waals surface area contributed by atoms with Crippen molar-refractivity contribution in [2.45, 2.75) is 38.6 Å². The van der Waals surface area contributed by atoms with Crippen LogP contribution in [-0.2, 0) is 4.79 Å². The van der Waals surface area contributed by atoms with E-state index in [-0.39, 0.29) is 17.2 Å². The first-order valence-corrected chi connectivity index (χ1v) is 11.1. The van der Waals surface area contributed by atoms with Gasteiger partial charge in [0.25, 0.3) is 11.5 Å². The van der Waals surface area contributed by atoms with Crippen LogP contribution in [0.25, 0.3) is 10.8 Å². The molecule has 7 nitrogen and oxygen atoms in total. The summed E-state index contributed by atoms with van der Waals surface area (Å²) in [5.74, 6) is -0.755. The van der Waals surface area contributed by atoms with Gasteiger partial charge in [0.15, 0.2) is 0 Å². The largest absolute Gasteiger partial charge is 0.371 e. The van der Waals surface area contributed by atoms with Crippen molar-refractivity contribution in [2.24, 2.45) is 0 Å². The number of fused-ring (bicyclic) bond motifs is 1. The molecule has 3 N–H and O–H groups in total. The molecule has 1 aliphatic rings. The van der Waals surface area contributed by atoms with Crippen molar-refractivity contribution in [3.63, 3.8) is 0 Å². The number of carbonyl (C=O) groups is 2. The van der Waals surface area contributed by atoms with Crippen LogP contribution in [0.1, 0.15) is 43.1 Å². The number of nitrogens with zero attached hydrogens (tertiary/aromatic N) is 1. The van der Waals surface area contributed by atoms with E-state index in [1.807, 2.05) is 37.3 Å². The Labute approximate surface area is 186 Å². The van der Waals surface area contributed by atoms with E-state index >= 15 is 0 Å². The molecule has 0 radical (unpaired) electrons. The van der Waals surface area contributed by atoms with Gasteiger partial charge >= 0.3 is 0 Å². The molecule has 166 valence electrons. The number of anilines is 2. The molecule has 1 aromatic heterocycles. The van der Waals surface area contributed by atoms with Crippen LogP contribution in [0.4, 0.5) is 11.4 Å². The van der Waals surface area contributed by atoms with Crippen LogP contribution in [0.15, 0.2) is 59.4 Å². The highest BCUT2D eigenvalue weighted by atomic mass is 16.2. The molecule has 1 aliphatic heterocycles. The van der Waals surface area contributed by atoms with Crippen LogP contribution >= 0.6 is 0 Å². The molecule has 1 fully saturated rings. The van der Waals surface area contributed by atoms with Gasteiger partial charge in [0.1, 0.15) is 11.7 Å². The van der Waals surface area contributed by atoms with Crippen molar-refractivity contribution in [1.82, 2.24) is 10.3 Å². The summed E-state index contributed by atoms with van der Waals surface area (Å²) in [6.45, 7) is 4.00. The fourth-order valence-electron chi connectivity index (χ4n) is 4.11. The highest BCUT2D eigenvalue weighted by Gasteiger charge is 2.22. The molecule has 0 aliphatic carbocycles. The molecule has 2 heterocycles. The zero-order chi connectivity index (χ0) is 22.5. The summed E-state index contributed by atoms with van der Waals surface area (Å²) in [5.41, 5.74) is 1.60. The SMILES string of the molecule is CCCC(NC(=O)c1cc2ccccc2c(=O)[nH]1)C(=O)Nc1cccc(N2CCCC2)c1. The van der Waals surface area contributed by atoms with E-state index in [2.05, 4.69) is 20.5 Å². The first kappa shape index (κ1) is 21.6. The lowest BCUT2D eigenvalue weighted by Gasteiger charge is -2.20. The molecule has 7 heteroatoms. The summed E-state index contributed by atoms with van der Waals surface area (Å²) in [6.07, 6.45) is 3.57. The van der Waals surface area contributed by atoms with Crippen molar-refractivity contribution in [1.29, 1.82) is 0 Å². The third-order valence-corrected chi connectivity index (χ3v) is 5.78. The first-order valence-electron chi connectivity index (χ1n) is 11.1. The summed E-state index contributed by atoms with van der Waals surface area (Å²) >= 11 is 0. The lowest BCUT2D eigenvalue weighted by molar-refractivity contribution is -0.118. The lowest BCUT2D eigenvalue weighted by atomic mass is 10.1. The quantitative estimate of drug-likeness (QED) is 0.531. The molecule has 1 saturated heterocycles. The fourth-order valence-corrected chi connectivity index (χ4v) is 4.11. The lowest BCUT2D eigenvalue weighted by Crippen LogP contribution is -2.44. The van der Waals surface area contributed by atoms with Gasteiger partial charge in [-0.05, 0) is 55.0 Å². The first-order chi connectivity index (χ1) is 15.5. The third kappa shape index (κ3) is 4.82. The maximum atomic E-state index is 13.0. The summed E-state index contributed by atoms with van der Waals surface area (Å²) < 4.78 is 0. The molecule has 0 bridgehead atoms. The van der Waals surface area contributed by atoms with Gasteiger partial charge in [0, 0.05) is 29.9 Å². The second-order valence-corrected chi connectivity index (χ2v) is 8.15. The van der Waals surface area contributed by atoms with Crippen molar-refractivity contribution in [3.05, 3.63) is 70.6 Å². The Kier molecular flexibility index (Phi) is 6.54. The van der Waals surface area contributed by atoms with Gasteiger partial charge in [-0.2, -0.15) is 0 Å². The Morgan fingerprint density at radius 1 is 1.06 bits per heavy atom. The maximum absolute atomic E-state index is 13.0. The van der Waals surface area contributed by atoms with Crippen molar-refractivity contribution >= 4 is 34.0 Å². The average Bonchev–Trinajstić information content (AvgIpc) is 3.34. The molecule has 2 aromatic carbocycles. The van der Waals surface area contributed by atoms with Gasteiger partial charge in [-0.25, -0.2) is 0 Å². The molecule has 0 spiro atoms. The van der Waals surface area contributed by atoms with Crippen LogP contribution in [0.2, 0.25) is 0 Å². The monoisotopic (exact) mass is 432 g/mol. The fraction of sp³-hybridized carbons (Fsp3) is 0.320. The number of aromatic amines is 1. The normalized spacial score (nSPS) is 14.3. The van der Waals surface area contributed by atoms with Gasteiger partial charge in [0.2, 0.25) is 5.91 Å². The van der Waals surface area contributed by atoms with E-state index in [0.29, 0.717) is 22.9 Å². The van der Waals surface area contributed by atoms with E-state index in [9.17, 15) is 14.4 Å². The van der Waals surface area contributed by atoms with Crippen LogP contribution < -0.4 is 21.1 Å². The second kappa shape index (κ2) is 9.68. The number of amides is 2. The molecular formula is C25H28N4O3. The minimum atomic E-state index is -0.710. The Bertz CT molecular complexity index is 1180. The van der Waals surface area contributed by atoms with Gasteiger partial charge in [-0.3, -0.25) is 14.4 Å². The Hall–Kier alpha value is -3.61. The van der Waals surface area contributed by atoms with Crippen LogP contribution in [0, 0.1) is 0 Å². The Morgan fingerprint density at radius 2 is 1.84 bits per heavy atom. The standard InChI is InChI=1S/C25H28N4O3/c1-2-8-21(24(31)26-18-10-7-11-19(16-18)29-13-5-6-14-29)27-25(32)22-15-17-9-3-4-12-20(17)23(30)28-22/h3-4,7,9-12,15-16,21H,2,5-6,8,13-14H2,1H3,(H,26,31)(H,27,32)(H,28,30). The molecule has 32 heavy (non-hydrogen) atoms. The molecule has 3 aromatic rings. The molecule has 1 atom stereocenters. The minimum Gasteiger partial charge on any atom is -0.371 e. The average molecular weight is 433 g/mol. The third-order valence-electron chi connectivity index (χ3n) is 5.78. The van der Waals surface area contributed by atoms with Gasteiger partial charge in [-0.15, -0.1) is 0 Å². The summed E-state index contributed by atoms with van der Waals surface area (Å²) in [5, 5.41) is 6.92. The van der Waals surface area contributed by atoms with Crippen LogP contribution in [-0.4, -0.2) is 35.9 Å².